The summed E-state index contributed by atoms with van der Waals surface area (Å²) in [5.74, 6) is -3.92. The third kappa shape index (κ3) is 5.51. The number of halogens is 4. The van der Waals surface area contributed by atoms with E-state index in [0.29, 0.717) is 30.9 Å². The second-order valence-electron chi connectivity index (χ2n) is 9.24. The molecular formula is C30H30F4O. The average molecular weight is 483 g/mol. The standard InChI is InChI=1S/C30H30F4O/c1-3-5-20-8-13-23(35-18-20)14-11-22-12-15-25(29(33)27(22)31)26-17-16-24(28(32)30(26)34)21-9-6-19(4-2)7-10-21/h4,6-7,9-10,12,15-17,20,23H,2-3,5,8,11,13-14,18H2,1H3. The lowest BCUT2D eigenvalue weighted by Gasteiger charge is -2.29. The van der Waals surface area contributed by atoms with Crippen molar-refractivity contribution in [2.75, 3.05) is 6.61 Å². The van der Waals surface area contributed by atoms with Crippen LogP contribution in [0.4, 0.5) is 17.6 Å². The van der Waals surface area contributed by atoms with E-state index in [-0.39, 0.29) is 28.4 Å². The predicted molar refractivity (Wildman–Crippen MR) is 133 cm³/mol. The molecule has 1 fully saturated rings. The number of rotatable bonds is 8. The molecule has 0 amide bonds. The van der Waals surface area contributed by atoms with Crippen molar-refractivity contribution in [2.45, 2.75) is 51.6 Å². The van der Waals surface area contributed by atoms with Crippen molar-refractivity contribution in [3.8, 4) is 22.3 Å². The second kappa shape index (κ2) is 11.2. The van der Waals surface area contributed by atoms with Gasteiger partial charge in [0.05, 0.1) is 6.10 Å². The van der Waals surface area contributed by atoms with Gasteiger partial charge in [0.2, 0.25) is 0 Å². The van der Waals surface area contributed by atoms with Crippen LogP contribution in [0.5, 0.6) is 0 Å². The summed E-state index contributed by atoms with van der Waals surface area (Å²) < 4.78 is 65.6. The first kappa shape index (κ1) is 25.2. The van der Waals surface area contributed by atoms with Gasteiger partial charge in [0.25, 0.3) is 0 Å². The summed E-state index contributed by atoms with van der Waals surface area (Å²) in [7, 11) is 0. The number of benzene rings is 3. The Hall–Kier alpha value is -2.92. The van der Waals surface area contributed by atoms with Crippen LogP contribution in [0.2, 0.25) is 0 Å². The van der Waals surface area contributed by atoms with Gasteiger partial charge >= 0.3 is 0 Å². The van der Waals surface area contributed by atoms with Gasteiger partial charge in [-0.3, -0.25) is 0 Å². The van der Waals surface area contributed by atoms with Crippen molar-refractivity contribution in [3.05, 3.63) is 89.5 Å². The van der Waals surface area contributed by atoms with E-state index in [1.54, 1.807) is 30.3 Å². The molecular weight excluding hydrogens is 452 g/mol. The average Bonchev–Trinajstić information content (AvgIpc) is 2.88. The summed E-state index contributed by atoms with van der Waals surface area (Å²) in [6, 6.07) is 12.2. The molecule has 0 saturated carbocycles. The molecule has 35 heavy (non-hydrogen) atoms. The van der Waals surface area contributed by atoms with Crippen LogP contribution in [0.15, 0.2) is 55.1 Å². The summed E-state index contributed by atoms with van der Waals surface area (Å²) in [6.45, 7) is 6.54. The summed E-state index contributed by atoms with van der Waals surface area (Å²) >= 11 is 0. The molecule has 1 aliphatic rings. The van der Waals surface area contributed by atoms with Crippen molar-refractivity contribution in [3.63, 3.8) is 0 Å². The largest absolute Gasteiger partial charge is 0.378 e. The van der Waals surface area contributed by atoms with Crippen LogP contribution < -0.4 is 0 Å². The highest BCUT2D eigenvalue weighted by molar-refractivity contribution is 5.73. The first-order valence-electron chi connectivity index (χ1n) is 12.2. The first-order valence-corrected chi connectivity index (χ1v) is 12.2. The molecule has 1 heterocycles. The lowest BCUT2D eigenvalue weighted by Crippen LogP contribution is -2.26. The van der Waals surface area contributed by atoms with Crippen molar-refractivity contribution in [1.82, 2.24) is 0 Å². The van der Waals surface area contributed by atoms with E-state index in [9.17, 15) is 17.6 Å². The van der Waals surface area contributed by atoms with Crippen LogP contribution >= 0.6 is 0 Å². The molecule has 1 saturated heterocycles. The summed E-state index contributed by atoms with van der Waals surface area (Å²) in [5, 5.41) is 0. The Balaban J connectivity index is 1.51. The van der Waals surface area contributed by atoms with Crippen molar-refractivity contribution in [1.29, 1.82) is 0 Å². The molecule has 3 aromatic rings. The van der Waals surface area contributed by atoms with Gasteiger partial charge in [0.15, 0.2) is 23.3 Å². The molecule has 0 radical (unpaired) electrons. The molecule has 1 aliphatic heterocycles. The zero-order valence-corrected chi connectivity index (χ0v) is 19.9. The number of ether oxygens (including phenoxy) is 1. The highest BCUT2D eigenvalue weighted by Gasteiger charge is 2.24. The quantitative estimate of drug-likeness (QED) is 0.292. The van der Waals surface area contributed by atoms with Crippen LogP contribution in [-0.4, -0.2) is 12.7 Å². The van der Waals surface area contributed by atoms with Crippen molar-refractivity contribution in [2.24, 2.45) is 5.92 Å². The molecule has 0 aliphatic carbocycles. The topological polar surface area (TPSA) is 9.23 Å². The van der Waals surface area contributed by atoms with E-state index in [0.717, 1.165) is 31.2 Å². The molecule has 2 unspecified atom stereocenters. The van der Waals surface area contributed by atoms with Crippen LogP contribution in [0.25, 0.3) is 28.3 Å². The fourth-order valence-corrected chi connectivity index (χ4v) is 4.81. The summed E-state index contributed by atoms with van der Waals surface area (Å²) in [4.78, 5) is 0. The molecule has 1 nitrogen and oxygen atoms in total. The van der Waals surface area contributed by atoms with E-state index >= 15 is 0 Å². The number of hydrogen-bond acceptors (Lipinski definition) is 1. The van der Waals surface area contributed by atoms with Crippen LogP contribution in [0.3, 0.4) is 0 Å². The van der Waals surface area contributed by atoms with Gasteiger partial charge in [-0.15, -0.1) is 0 Å². The van der Waals surface area contributed by atoms with Crippen LogP contribution in [0, 0.1) is 29.2 Å². The van der Waals surface area contributed by atoms with Gasteiger partial charge in [-0.05, 0) is 54.7 Å². The third-order valence-corrected chi connectivity index (χ3v) is 6.89. The Morgan fingerprint density at radius 3 is 2.06 bits per heavy atom. The van der Waals surface area contributed by atoms with E-state index in [1.807, 2.05) is 0 Å². The fourth-order valence-electron chi connectivity index (χ4n) is 4.81. The minimum Gasteiger partial charge on any atom is -0.378 e. The molecule has 5 heteroatoms. The number of aryl methyl sites for hydroxylation is 1. The van der Waals surface area contributed by atoms with E-state index in [1.165, 1.54) is 24.3 Å². The van der Waals surface area contributed by atoms with Gasteiger partial charge in [-0.2, -0.15) is 0 Å². The SMILES string of the molecule is C=Cc1ccc(-c2ccc(-c3ccc(CCC4CCC(CCC)CO4)c(F)c3F)c(F)c2F)cc1. The lowest BCUT2D eigenvalue weighted by atomic mass is 9.92. The van der Waals surface area contributed by atoms with Crippen molar-refractivity contribution < 1.29 is 22.3 Å². The molecule has 0 N–H and O–H groups in total. The Morgan fingerprint density at radius 1 is 0.800 bits per heavy atom. The highest BCUT2D eigenvalue weighted by Crippen LogP contribution is 2.34. The summed E-state index contributed by atoms with van der Waals surface area (Å²) in [6.07, 6.45) is 6.88. The maximum atomic E-state index is 15.0. The smallest absolute Gasteiger partial charge is 0.167 e. The van der Waals surface area contributed by atoms with Crippen molar-refractivity contribution >= 4 is 6.08 Å². The van der Waals surface area contributed by atoms with Crippen LogP contribution in [-0.2, 0) is 11.2 Å². The zero-order valence-electron chi connectivity index (χ0n) is 19.9. The monoisotopic (exact) mass is 482 g/mol. The van der Waals surface area contributed by atoms with Gasteiger partial charge in [-0.25, -0.2) is 17.6 Å². The van der Waals surface area contributed by atoms with Gasteiger partial charge in [0.1, 0.15) is 0 Å². The van der Waals surface area contributed by atoms with Gasteiger partial charge < -0.3 is 4.74 Å². The molecule has 4 rings (SSSR count). The first-order chi connectivity index (χ1) is 16.9. The fraction of sp³-hybridized carbons (Fsp3) is 0.333. The molecule has 2 atom stereocenters. The minimum atomic E-state index is -1.21. The van der Waals surface area contributed by atoms with Crippen LogP contribution in [0.1, 0.15) is 50.2 Å². The molecule has 0 aromatic heterocycles. The Kier molecular flexibility index (Phi) is 8.07. The zero-order chi connectivity index (χ0) is 24.9. The van der Waals surface area contributed by atoms with Gasteiger partial charge in [0, 0.05) is 23.3 Å². The van der Waals surface area contributed by atoms with E-state index in [2.05, 4.69) is 13.5 Å². The van der Waals surface area contributed by atoms with E-state index in [4.69, 9.17) is 4.74 Å². The Bertz CT molecular complexity index is 1180. The Labute approximate surface area is 204 Å². The molecule has 3 aromatic carbocycles. The summed E-state index contributed by atoms with van der Waals surface area (Å²) in [5.41, 5.74) is 0.978. The molecule has 0 spiro atoms. The lowest BCUT2D eigenvalue weighted by molar-refractivity contribution is -0.0216. The maximum absolute atomic E-state index is 15.0. The maximum Gasteiger partial charge on any atom is 0.167 e. The normalized spacial score (nSPS) is 18.0. The third-order valence-electron chi connectivity index (χ3n) is 6.89. The molecule has 0 bridgehead atoms. The minimum absolute atomic E-state index is 0.0323. The van der Waals surface area contributed by atoms with Gasteiger partial charge in [-0.1, -0.05) is 74.5 Å². The second-order valence-corrected chi connectivity index (χ2v) is 9.24. The predicted octanol–water partition coefficient (Wildman–Crippen LogP) is 8.75. The van der Waals surface area contributed by atoms with E-state index < -0.39 is 23.3 Å². The highest BCUT2D eigenvalue weighted by atomic mass is 19.2. The number of hydrogen-bond donors (Lipinski definition) is 0. The Morgan fingerprint density at radius 2 is 1.43 bits per heavy atom. The molecule has 184 valence electrons.